The van der Waals surface area contributed by atoms with Crippen molar-refractivity contribution in [2.75, 3.05) is 7.11 Å². The number of benzene rings is 1. The Morgan fingerprint density at radius 1 is 1.28 bits per heavy atom. The number of aliphatic carboxylic acids is 1. The zero-order valence-corrected chi connectivity index (χ0v) is 14.7. The third-order valence-electron chi connectivity index (χ3n) is 4.03. The van der Waals surface area contributed by atoms with Crippen LogP contribution in [-0.4, -0.2) is 29.9 Å². The second-order valence-corrected chi connectivity index (χ2v) is 5.98. The first-order valence-electron chi connectivity index (χ1n) is 8.26. The highest BCUT2D eigenvalue weighted by Gasteiger charge is 2.34. The number of methoxy groups -OCH3 is 1. The highest BCUT2D eigenvalue weighted by Crippen LogP contribution is 2.30. The van der Waals surface area contributed by atoms with Crippen molar-refractivity contribution in [1.29, 1.82) is 0 Å². The van der Waals surface area contributed by atoms with Crippen molar-refractivity contribution in [2.45, 2.75) is 39.7 Å². The largest absolute Gasteiger partial charge is 0.497 e. The lowest BCUT2D eigenvalue weighted by atomic mass is 9.88. The van der Waals surface area contributed by atoms with Crippen LogP contribution < -0.4 is 4.74 Å². The fraction of sp³-hybridized carbons (Fsp3) is 0.421. The Labute approximate surface area is 147 Å². The van der Waals surface area contributed by atoms with Crippen molar-refractivity contribution < 1.29 is 24.2 Å². The summed E-state index contributed by atoms with van der Waals surface area (Å²) in [4.78, 5) is 28.5. The van der Waals surface area contributed by atoms with Crippen molar-refractivity contribution in [3.63, 3.8) is 0 Å². The van der Waals surface area contributed by atoms with Gasteiger partial charge in [0.25, 0.3) is 0 Å². The topological polar surface area (TPSA) is 85.2 Å². The molecule has 1 heterocycles. The number of aliphatic imine (C=N–C) groups is 1. The monoisotopic (exact) mass is 345 g/mol. The maximum absolute atomic E-state index is 12.5. The molecule has 0 amide bonds. The third-order valence-corrected chi connectivity index (χ3v) is 4.03. The van der Waals surface area contributed by atoms with E-state index in [1.54, 1.807) is 38.3 Å². The van der Waals surface area contributed by atoms with Crippen molar-refractivity contribution >= 4 is 17.7 Å². The van der Waals surface area contributed by atoms with Crippen LogP contribution in [0.2, 0.25) is 0 Å². The zero-order valence-electron chi connectivity index (χ0n) is 14.7. The van der Waals surface area contributed by atoms with Crippen LogP contribution in [0.5, 0.6) is 5.75 Å². The van der Waals surface area contributed by atoms with E-state index in [2.05, 4.69) is 4.99 Å². The van der Waals surface area contributed by atoms with Gasteiger partial charge in [0.2, 0.25) is 0 Å². The predicted molar refractivity (Wildman–Crippen MR) is 93.6 cm³/mol. The molecule has 1 atom stereocenters. The quantitative estimate of drug-likeness (QED) is 0.766. The van der Waals surface area contributed by atoms with E-state index in [4.69, 9.17) is 9.47 Å². The molecule has 6 nitrogen and oxygen atoms in total. The molecule has 0 aliphatic carbocycles. The average molecular weight is 345 g/mol. The van der Waals surface area contributed by atoms with Crippen LogP contribution in [0, 0.1) is 5.92 Å². The Kier molecular flexibility index (Phi) is 6.33. The molecule has 0 saturated carbocycles. The summed E-state index contributed by atoms with van der Waals surface area (Å²) in [5.41, 5.74) is 2.10. The molecular formula is C19H23NO5. The van der Waals surface area contributed by atoms with E-state index in [0.29, 0.717) is 12.1 Å². The molecular weight excluding hydrogens is 322 g/mol. The molecule has 0 spiro atoms. The molecule has 1 aliphatic heterocycles. The van der Waals surface area contributed by atoms with Gasteiger partial charge in [-0.15, -0.1) is 0 Å². The van der Waals surface area contributed by atoms with Gasteiger partial charge in [-0.1, -0.05) is 25.5 Å². The van der Waals surface area contributed by atoms with Gasteiger partial charge < -0.3 is 14.6 Å². The van der Waals surface area contributed by atoms with Gasteiger partial charge in [0, 0.05) is 12.1 Å². The highest BCUT2D eigenvalue weighted by atomic mass is 16.5. The number of ether oxygens (including phenoxy) is 2. The molecule has 1 aromatic rings. The summed E-state index contributed by atoms with van der Waals surface area (Å²) in [5.74, 6) is -1.73. The Bertz CT molecular complexity index is 703. The maximum atomic E-state index is 12.5. The zero-order chi connectivity index (χ0) is 18.4. The number of rotatable bonds is 7. The smallest absolute Gasteiger partial charge is 0.334 e. The second-order valence-electron chi connectivity index (χ2n) is 5.98. The van der Waals surface area contributed by atoms with Crippen LogP contribution in [0.15, 0.2) is 40.5 Å². The number of carbonyl (C=O) groups excluding carboxylic acids is 1. The minimum Gasteiger partial charge on any atom is -0.497 e. The van der Waals surface area contributed by atoms with Crippen LogP contribution >= 0.6 is 0 Å². The lowest BCUT2D eigenvalue weighted by Gasteiger charge is -2.23. The minimum atomic E-state index is -1.11. The number of esters is 1. The molecule has 0 aromatic heterocycles. The average Bonchev–Trinajstić information content (AvgIpc) is 2.59. The normalized spacial score (nSPS) is 17.1. The molecule has 1 N–H and O–H groups in total. The van der Waals surface area contributed by atoms with Gasteiger partial charge in [-0.2, -0.15) is 0 Å². The van der Waals surface area contributed by atoms with Crippen LogP contribution in [-0.2, 0) is 20.9 Å². The molecule has 0 saturated heterocycles. The molecule has 1 aliphatic rings. The maximum Gasteiger partial charge on any atom is 0.334 e. The molecule has 134 valence electrons. The number of carboxylic acid groups (broad SMARTS) is 1. The molecule has 6 heteroatoms. The summed E-state index contributed by atoms with van der Waals surface area (Å²) in [6, 6.07) is 7.16. The first-order valence-corrected chi connectivity index (χ1v) is 8.26. The van der Waals surface area contributed by atoms with E-state index < -0.39 is 17.9 Å². The number of nitrogens with zero attached hydrogens (tertiary/aromatic N) is 1. The number of carbonyl (C=O) groups is 2. The lowest BCUT2D eigenvalue weighted by Crippen LogP contribution is -2.29. The van der Waals surface area contributed by atoms with Gasteiger partial charge in [-0.25, -0.2) is 4.79 Å². The van der Waals surface area contributed by atoms with E-state index >= 15 is 0 Å². The van der Waals surface area contributed by atoms with Gasteiger partial charge in [0.05, 0.1) is 24.3 Å². The van der Waals surface area contributed by atoms with Crippen LogP contribution in [0.4, 0.5) is 0 Å². The molecule has 25 heavy (non-hydrogen) atoms. The van der Waals surface area contributed by atoms with Crippen molar-refractivity contribution in [3.05, 3.63) is 41.1 Å². The third kappa shape index (κ3) is 4.68. The summed E-state index contributed by atoms with van der Waals surface area (Å²) in [7, 11) is 1.58. The molecule has 2 rings (SSSR count). The van der Waals surface area contributed by atoms with Gasteiger partial charge >= 0.3 is 11.9 Å². The van der Waals surface area contributed by atoms with E-state index in [0.717, 1.165) is 23.4 Å². The predicted octanol–water partition coefficient (Wildman–Crippen LogP) is 3.36. The summed E-state index contributed by atoms with van der Waals surface area (Å²) in [6.07, 6.45) is 1.56. The molecule has 0 radical (unpaired) electrons. The van der Waals surface area contributed by atoms with Gasteiger partial charge in [-0.05, 0) is 31.0 Å². The van der Waals surface area contributed by atoms with Crippen molar-refractivity contribution in [1.82, 2.24) is 0 Å². The Morgan fingerprint density at radius 3 is 2.52 bits per heavy atom. The molecule has 1 unspecified atom stereocenters. The summed E-state index contributed by atoms with van der Waals surface area (Å²) in [6.45, 7) is 3.84. The van der Waals surface area contributed by atoms with E-state index in [1.165, 1.54) is 0 Å². The molecule has 0 bridgehead atoms. The molecule has 1 aromatic carbocycles. The van der Waals surface area contributed by atoms with Crippen LogP contribution in [0.1, 0.15) is 38.7 Å². The Morgan fingerprint density at radius 2 is 1.96 bits per heavy atom. The second kappa shape index (κ2) is 8.46. The van der Waals surface area contributed by atoms with Crippen LogP contribution in [0.25, 0.3) is 0 Å². The standard InChI is InChI=1S/C19H23NO5/c1-4-5-16-17(18(21)22)15(10-12(2)20-16)19(23)25-11-13-6-8-14(24-3)9-7-13/h6-9,15H,4-5,10-11H2,1-3H3,(H,21,22). The Balaban J connectivity index is 2.13. The number of hydrogen-bond donors (Lipinski definition) is 1. The fourth-order valence-corrected chi connectivity index (χ4v) is 2.81. The van der Waals surface area contributed by atoms with Crippen molar-refractivity contribution in [3.8, 4) is 5.75 Å². The summed E-state index contributed by atoms with van der Waals surface area (Å²) >= 11 is 0. The SMILES string of the molecule is CCCC1=C(C(=O)O)C(C(=O)OCc2ccc(OC)cc2)CC(C)=N1. The lowest BCUT2D eigenvalue weighted by molar-refractivity contribution is -0.150. The van der Waals surface area contributed by atoms with E-state index in [9.17, 15) is 14.7 Å². The number of carboxylic acids is 1. The summed E-state index contributed by atoms with van der Waals surface area (Å²) < 4.78 is 10.4. The Hall–Kier alpha value is -2.63. The van der Waals surface area contributed by atoms with E-state index in [1.807, 2.05) is 6.92 Å². The van der Waals surface area contributed by atoms with Gasteiger partial charge in [-0.3, -0.25) is 9.79 Å². The number of allylic oxidation sites excluding steroid dienone is 1. The first-order chi connectivity index (χ1) is 12.0. The van der Waals surface area contributed by atoms with Gasteiger partial charge in [0.15, 0.2) is 0 Å². The first kappa shape index (κ1) is 18.7. The van der Waals surface area contributed by atoms with Crippen molar-refractivity contribution in [2.24, 2.45) is 10.9 Å². The minimum absolute atomic E-state index is 0.0622. The fourth-order valence-electron chi connectivity index (χ4n) is 2.81. The summed E-state index contributed by atoms with van der Waals surface area (Å²) in [5, 5.41) is 9.53. The molecule has 0 fully saturated rings. The van der Waals surface area contributed by atoms with Crippen LogP contribution in [0.3, 0.4) is 0 Å². The van der Waals surface area contributed by atoms with Gasteiger partial charge in [0.1, 0.15) is 12.4 Å². The van der Waals surface area contributed by atoms with E-state index in [-0.39, 0.29) is 18.6 Å². The highest BCUT2D eigenvalue weighted by molar-refractivity contribution is 6.00. The number of hydrogen-bond acceptors (Lipinski definition) is 5.